The molecule has 4 aliphatic rings. The highest BCUT2D eigenvalue weighted by Gasteiger charge is 2.65. The smallest absolute Gasteiger partial charge is 0.210 e. The molecular formula is C20H35N3O6S2. The van der Waals surface area contributed by atoms with Gasteiger partial charge in [-0.05, 0) is 54.8 Å². The number of hydrogen-bond donors (Lipinski definition) is 3. The zero-order valence-electron chi connectivity index (χ0n) is 18.7. The van der Waals surface area contributed by atoms with Gasteiger partial charge in [-0.2, -0.15) is 0 Å². The minimum absolute atomic E-state index is 0.0952. The Labute approximate surface area is 185 Å². The molecule has 2 unspecified atom stereocenters. The molecule has 11 heteroatoms. The largest absolute Gasteiger partial charge is 0.411 e. The van der Waals surface area contributed by atoms with Crippen molar-refractivity contribution in [1.29, 1.82) is 0 Å². The Bertz CT molecular complexity index is 1020. The van der Waals surface area contributed by atoms with Crippen LogP contribution in [0.3, 0.4) is 0 Å². The standard InChI is InChI=1S/C10H18N2O3S.C10H17NO3S/c1-9(2)7-3-4-10(9,6-16(11,14)15)8(5-7)12-13;1-9(2)7-3-4-10(9,8(12)5-7)6-15(11,13)14/h7,13H,3-6H2,1-2H3,(H2,11,14,15);7H,3-6H2,1-2H3,(H2,11,13,14)/b12-8+;/t2*7?,10-/m11/s1. The Hall–Kier alpha value is -1.04. The Kier molecular flexibility index (Phi) is 5.74. The number of carbonyl (C=O) groups is 1. The fraction of sp³-hybridized carbons (Fsp3) is 0.900. The van der Waals surface area contributed by atoms with Gasteiger partial charge in [-0.3, -0.25) is 4.79 Å². The molecule has 0 aromatic carbocycles. The first-order valence-electron chi connectivity index (χ1n) is 10.7. The summed E-state index contributed by atoms with van der Waals surface area (Å²) in [5.41, 5.74) is -1.01. The summed E-state index contributed by atoms with van der Waals surface area (Å²) in [6.45, 7) is 8.10. The van der Waals surface area contributed by atoms with Gasteiger partial charge in [0.1, 0.15) is 5.78 Å². The van der Waals surface area contributed by atoms with Crippen molar-refractivity contribution in [2.75, 3.05) is 11.5 Å². The van der Waals surface area contributed by atoms with Gasteiger partial charge in [0.05, 0.1) is 17.2 Å². The van der Waals surface area contributed by atoms with Crippen LogP contribution < -0.4 is 10.3 Å². The molecule has 0 aromatic heterocycles. The molecule has 0 saturated heterocycles. The van der Waals surface area contributed by atoms with E-state index in [4.69, 9.17) is 15.5 Å². The maximum atomic E-state index is 11.9. The molecule has 0 spiro atoms. The van der Waals surface area contributed by atoms with Gasteiger partial charge in [-0.25, -0.2) is 27.1 Å². The lowest BCUT2D eigenvalue weighted by molar-refractivity contribution is -0.128. The second kappa shape index (κ2) is 7.23. The molecule has 0 aromatic rings. The minimum Gasteiger partial charge on any atom is -0.411 e. The fourth-order valence-electron chi connectivity index (χ4n) is 7.07. The van der Waals surface area contributed by atoms with Gasteiger partial charge in [0, 0.05) is 17.3 Å². The number of nitrogens with zero attached hydrogens (tertiary/aromatic N) is 1. The van der Waals surface area contributed by atoms with Crippen molar-refractivity contribution in [3.05, 3.63) is 0 Å². The van der Waals surface area contributed by atoms with Gasteiger partial charge in [0.15, 0.2) is 0 Å². The average Bonchev–Trinajstić information content (AvgIpc) is 3.11. The van der Waals surface area contributed by atoms with E-state index in [0.29, 0.717) is 36.8 Å². The summed E-state index contributed by atoms with van der Waals surface area (Å²) < 4.78 is 45.2. The molecule has 0 amide bonds. The van der Waals surface area contributed by atoms with Crippen molar-refractivity contribution in [3.8, 4) is 0 Å². The third kappa shape index (κ3) is 3.75. The number of nitrogens with two attached hydrogens (primary N) is 2. The highest BCUT2D eigenvalue weighted by molar-refractivity contribution is 7.89. The van der Waals surface area contributed by atoms with E-state index in [1.54, 1.807) is 0 Å². The first kappa shape index (κ1) is 24.6. The molecule has 4 aliphatic carbocycles. The summed E-state index contributed by atoms with van der Waals surface area (Å²) in [6, 6.07) is 0. The predicted molar refractivity (Wildman–Crippen MR) is 117 cm³/mol. The van der Waals surface area contributed by atoms with Crippen LogP contribution in [0.1, 0.15) is 66.2 Å². The molecule has 178 valence electrons. The number of Topliss-reactive ketones (excluding diaryl/α,β-unsaturated/α-hetero) is 1. The number of fused-ring (bicyclic) bond motifs is 4. The molecule has 4 fully saturated rings. The quantitative estimate of drug-likeness (QED) is 0.410. The van der Waals surface area contributed by atoms with Crippen molar-refractivity contribution < 1.29 is 26.8 Å². The number of sulfonamides is 2. The van der Waals surface area contributed by atoms with Gasteiger partial charge in [-0.1, -0.05) is 32.9 Å². The number of rotatable bonds is 4. The second-order valence-corrected chi connectivity index (χ2v) is 14.3. The van der Waals surface area contributed by atoms with Crippen molar-refractivity contribution in [1.82, 2.24) is 0 Å². The van der Waals surface area contributed by atoms with Crippen LogP contribution in [0.15, 0.2) is 5.16 Å². The molecule has 4 atom stereocenters. The van der Waals surface area contributed by atoms with E-state index in [0.717, 1.165) is 19.3 Å². The van der Waals surface area contributed by atoms with E-state index < -0.39 is 30.9 Å². The van der Waals surface area contributed by atoms with Crippen LogP contribution in [0, 0.1) is 33.5 Å². The zero-order chi connectivity index (χ0) is 23.7. The fourth-order valence-corrected chi connectivity index (χ4v) is 9.80. The highest BCUT2D eigenvalue weighted by atomic mass is 32.2. The van der Waals surface area contributed by atoms with Gasteiger partial charge >= 0.3 is 0 Å². The van der Waals surface area contributed by atoms with E-state index >= 15 is 0 Å². The topological polar surface area (TPSA) is 170 Å². The van der Waals surface area contributed by atoms with Crippen LogP contribution in [0.2, 0.25) is 0 Å². The van der Waals surface area contributed by atoms with Crippen LogP contribution in [-0.2, 0) is 24.8 Å². The molecule has 4 bridgehead atoms. The minimum atomic E-state index is -3.58. The van der Waals surface area contributed by atoms with Crippen LogP contribution in [0.5, 0.6) is 0 Å². The van der Waals surface area contributed by atoms with Crippen molar-refractivity contribution in [3.63, 3.8) is 0 Å². The van der Waals surface area contributed by atoms with Crippen molar-refractivity contribution in [2.45, 2.75) is 66.2 Å². The molecule has 0 radical (unpaired) electrons. The number of hydrogen-bond acceptors (Lipinski definition) is 7. The lowest BCUT2D eigenvalue weighted by Crippen LogP contribution is -2.44. The summed E-state index contributed by atoms with van der Waals surface area (Å²) in [7, 11) is -7.13. The summed E-state index contributed by atoms with van der Waals surface area (Å²) in [6.07, 6.45) is 4.60. The highest BCUT2D eigenvalue weighted by Crippen LogP contribution is 2.65. The van der Waals surface area contributed by atoms with E-state index in [9.17, 15) is 21.6 Å². The first-order chi connectivity index (χ1) is 13.9. The Morgan fingerprint density at radius 3 is 1.65 bits per heavy atom. The molecule has 0 heterocycles. The molecule has 4 saturated carbocycles. The molecule has 5 N–H and O–H groups in total. The predicted octanol–water partition coefficient (Wildman–Crippen LogP) is 1.60. The maximum absolute atomic E-state index is 11.9. The Morgan fingerprint density at radius 1 is 0.871 bits per heavy atom. The summed E-state index contributed by atoms with van der Waals surface area (Å²) >= 11 is 0. The summed E-state index contributed by atoms with van der Waals surface area (Å²) in [4.78, 5) is 11.9. The molecular weight excluding hydrogens is 442 g/mol. The van der Waals surface area contributed by atoms with E-state index in [1.165, 1.54) is 0 Å². The van der Waals surface area contributed by atoms with Gasteiger partial charge < -0.3 is 5.21 Å². The summed E-state index contributed by atoms with van der Waals surface area (Å²) in [5.74, 6) is 0.551. The Balaban J connectivity index is 0.000000176. The normalized spacial score (nSPS) is 39.0. The monoisotopic (exact) mass is 477 g/mol. The van der Waals surface area contributed by atoms with Gasteiger partial charge in [0.2, 0.25) is 20.0 Å². The molecule has 9 nitrogen and oxygen atoms in total. The van der Waals surface area contributed by atoms with Crippen LogP contribution in [-0.4, -0.2) is 45.0 Å². The lowest BCUT2D eigenvalue weighted by atomic mass is 9.70. The third-order valence-corrected chi connectivity index (χ3v) is 11.1. The lowest BCUT2D eigenvalue weighted by Gasteiger charge is -2.36. The first-order valence-corrected chi connectivity index (χ1v) is 14.1. The van der Waals surface area contributed by atoms with Crippen molar-refractivity contribution in [2.24, 2.45) is 48.9 Å². The molecule has 4 rings (SSSR count). The van der Waals surface area contributed by atoms with Crippen molar-refractivity contribution >= 4 is 31.5 Å². The van der Waals surface area contributed by atoms with Crippen LogP contribution in [0.4, 0.5) is 0 Å². The molecule has 31 heavy (non-hydrogen) atoms. The average molecular weight is 478 g/mol. The van der Waals surface area contributed by atoms with Gasteiger partial charge in [-0.15, -0.1) is 0 Å². The third-order valence-electron chi connectivity index (χ3n) is 9.32. The maximum Gasteiger partial charge on any atom is 0.210 e. The second-order valence-electron chi connectivity index (χ2n) is 11.1. The number of primary sulfonamides is 2. The van der Waals surface area contributed by atoms with Crippen LogP contribution in [0.25, 0.3) is 0 Å². The van der Waals surface area contributed by atoms with Crippen LogP contribution >= 0.6 is 0 Å². The Morgan fingerprint density at radius 2 is 1.29 bits per heavy atom. The van der Waals surface area contributed by atoms with E-state index in [1.807, 2.05) is 27.7 Å². The molecule has 0 aliphatic heterocycles. The SMILES string of the molecule is CC1(C)C2CC[C@@]1(CS(N)(=O)=O)/C(=N/O)C2.CC1(C)C2CC[C@@]1(CS(N)(=O)=O)C(=O)C2. The van der Waals surface area contributed by atoms with E-state index in [2.05, 4.69) is 5.16 Å². The number of carbonyl (C=O) groups excluding carboxylic acids is 1. The zero-order valence-corrected chi connectivity index (χ0v) is 20.4. The number of oxime groups is 1. The number of ketones is 1. The van der Waals surface area contributed by atoms with Gasteiger partial charge in [0.25, 0.3) is 0 Å². The summed E-state index contributed by atoms with van der Waals surface area (Å²) in [5, 5.41) is 22.6. The van der Waals surface area contributed by atoms with E-state index in [-0.39, 0.29) is 28.1 Å².